The Hall–Kier alpha value is -2.11. The van der Waals surface area contributed by atoms with Gasteiger partial charge in [0.05, 0.1) is 5.41 Å². The highest BCUT2D eigenvalue weighted by Gasteiger charge is 2.72. The Bertz CT molecular complexity index is 1710. The number of aromatic nitrogens is 2. The van der Waals surface area contributed by atoms with Crippen LogP contribution in [0.1, 0.15) is 104 Å². The fourth-order valence-electron chi connectivity index (χ4n) is 13.3. The number of amides is 1. The molecular weight excluding hydrogens is 594 g/mol. The van der Waals surface area contributed by atoms with Crippen molar-refractivity contribution in [3.8, 4) is 0 Å². The van der Waals surface area contributed by atoms with Crippen molar-refractivity contribution in [3.63, 3.8) is 0 Å². The fraction of sp³-hybridized carbons (Fsp3) is 0.641. The van der Waals surface area contributed by atoms with Crippen molar-refractivity contribution in [3.05, 3.63) is 58.2 Å². The normalized spacial score (nSPS) is 41.4. The Kier molecular flexibility index (Phi) is 6.53. The van der Waals surface area contributed by atoms with Gasteiger partial charge in [0.2, 0.25) is 5.91 Å². The first-order valence-corrected chi connectivity index (χ1v) is 18.7. The van der Waals surface area contributed by atoms with E-state index in [0.29, 0.717) is 29.6 Å². The van der Waals surface area contributed by atoms with Gasteiger partial charge in [-0.05, 0) is 134 Å². The molecule has 2 heterocycles. The van der Waals surface area contributed by atoms with E-state index in [1.807, 2.05) is 11.4 Å². The first-order valence-electron chi connectivity index (χ1n) is 17.4. The minimum absolute atomic E-state index is 0.0685. The number of H-pyrrole nitrogens is 1. The summed E-state index contributed by atoms with van der Waals surface area (Å²) in [5.74, 6) is 2.77. The maximum atomic E-state index is 14.3. The zero-order valence-electron chi connectivity index (χ0n) is 28.0. The largest absolute Gasteiger partial charge is 0.358 e. The third-order valence-corrected chi connectivity index (χ3v) is 16.3. The maximum Gasteiger partial charge on any atom is 0.232 e. The minimum atomic E-state index is -0.325. The van der Waals surface area contributed by atoms with Crippen LogP contribution in [0.25, 0.3) is 10.9 Å². The summed E-state index contributed by atoms with van der Waals surface area (Å²) >= 11 is 8.11. The lowest BCUT2D eigenvalue weighted by atomic mass is 9.32. The van der Waals surface area contributed by atoms with Crippen molar-refractivity contribution in [2.24, 2.45) is 51.2 Å². The number of anilines is 1. The molecular formula is C39H50ClN3OS. The van der Waals surface area contributed by atoms with E-state index in [9.17, 15) is 4.79 Å². The smallest absolute Gasteiger partial charge is 0.232 e. The summed E-state index contributed by atoms with van der Waals surface area (Å²) in [6.45, 7) is 19.8. The monoisotopic (exact) mass is 643 g/mol. The third-order valence-electron chi connectivity index (χ3n) is 15.4. The lowest BCUT2D eigenvalue weighted by molar-refractivity contribution is -0.224. The molecule has 45 heavy (non-hydrogen) atoms. The second-order valence-electron chi connectivity index (χ2n) is 17.2. The van der Waals surface area contributed by atoms with E-state index in [-0.39, 0.29) is 33.0 Å². The van der Waals surface area contributed by atoms with Crippen LogP contribution < -0.4 is 5.32 Å². The summed E-state index contributed by atoms with van der Waals surface area (Å²) in [5, 5.41) is 8.12. The van der Waals surface area contributed by atoms with Gasteiger partial charge in [-0.25, -0.2) is 4.98 Å². The second-order valence-corrected chi connectivity index (χ2v) is 18.5. The van der Waals surface area contributed by atoms with Crippen molar-refractivity contribution in [2.75, 3.05) is 5.32 Å². The molecule has 4 nitrogen and oxygen atoms in total. The molecule has 9 atom stereocenters. The molecule has 4 fully saturated rings. The van der Waals surface area contributed by atoms with Crippen molar-refractivity contribution in [1.29, 1.82) is 0 Å². The first-order chi connectivity index (χ1) is 21.3. The molecule has 8 rings (SSSR count). The van der Waals surface area contributed by atoms with E-state index in [1.165, 1.54) is 64.8 Å². The van der Waals surface area contributed by atoms with Crippen LogP contribution in [0.4, 0.5) is 5.13 Å². The zero-order chi connectivity index (χ0) is 31.7. The van der Waals surface area contributed by atoms with Gasteiger partial charge in [0.15, 0.2) is 5.13 Å². The molecule has 0 bridgehead atoms. The van der Waals surface area contributed by atoms with E-state index < -0.39 is 0 Å². The molecule has 4 unspecified atom stereocenters. The number of rotatable bonds is 3. The van der Waals surface area contributed by atoms with Crippen LogP contribution in [0.3, 0.4) is 0 Å². The third kappa shape index (κ3) is 3.83. The molecule has 2 aromatic heterocycles. The summed E-state index contributed by atoms with van der Waals surface area (Å²) < 4.78 is 0. The van der Waals surface area contributed by atoms with E-state index in [2.05, 4.69) is 75.5 Å². The van der Waals surface area contributed by atoms with Crippen LogP contribution in [0, 0.1) is 51.2 Å². The molecule has 0 spiro atoms. The summed E-state index contributed by atoms with van der Waals surface area (Å²) in [6, 6.07) is 6.39. The standard InChI is InChI=1S/C39H50ClN3OS/c1-22(2)24-12-15-39(33(44)43-34-41-18-19-45-34)17-16-37(6)27(31(24)39)9-11-30-36(5)21-26-25-20-23(40)8-10-28(25)42-32(26)35(3,4)29(36)13-14-38(30,37)7/h8,10,18-20,24,27,29-31,42H,1,9,11-17,21H2,2-7H3,(H,41,43,44)/t24-,27?,29?,30?,31?,36-,37+,38+,39-/m0/s1. The number of benzene rings is 1. The summed E-state index contributed by atoms with van der Waals surface area (Å²) in [7, 11) is 0. The van der Waals surface area contributed by atoms with Crippen molar-refractivity contribution in [2.45, 2.75) is 105 Å². The Morgan fingerprint density at radius 3 is 2.56 bits per heavy atom. The molecule has 0 aliphatic heterocycles. The highest BCUT2D eigenvalue weighted by molar-refractivity contribution is 7.13. The number of halogens is 1. The second kappa shape index (κ2) is 9.72. The average molecular weight is 644 g/mol. The van der Waals surface area contributed by atoms with Crippen LogP contribution in [0.2, 0.25) is 5.02 Å². The fourth-order valence-corrected chi connectivity index (χ4v) is 14.0. The molecule has 5 aliphatic carbocycles. The molecule has 6 heteroatoms. The Morgan fingerprint density at radius 1 is 1.02 bits per heavy atom. The number of allylic oxidation sites excluding steroid dienone is 1. The van der Waals surface area contributed by atoms with E-state index in [1.54, 1.807) is 6.20 Å². The molecule has 1 aromatic carbocycles. The summed E-state index contributed by atoms with van der Waals surface area (Å²) in [6.07, 6.45) is 12.1. The molecule has 1 amide bonds. The molecule has 0 radical (unpaired) electrons. The number of aromatic amines is 1. The summed E-state index contributed by atoms with van der Waals surface area (Å²) in [4.78, 5) is 22.6. The molecule has 0 saturated heterocycles. The van der Waals surface area contributed by atoms with Gasteiger partial charge in [0.25, 0.3) is 0 Å². The lowest BCUT2D eigenvalue weighted by Gasteiger charge is -2.72. The number of carbonyl (C=O) groups is 1. The van der Waals surface area contributed by atoms with Gasteiger partial charge >= 0.3 is 0 Å². The van der Waals surface area contributed by atoms with Crippen molar-refractivity contribution in [1.82, 2.24) is 9.97 Å². The Morgan fingerprint density at radius 2 is 1.82 bits per heavy atom. The number of fused-ring (bicyclic) bond motifs is 10. The number of carbonyl (C=O) groups excluding carboxylic acids is 1. The molecule has 240 valence electrons. The molecule has 3 aromatic rings. The van der Waals surface area contributed by atoms with Gasteiger partial charge < -0.3 is 10.3 Å². The predicted molar refractivity (Wildman–Crippen MR) is 187 cm³/mol. The molecule has 2 N–H and O–H groups in total. The number of nitrogens with zero attached hydrogens (tertiary/aromatic N) is 1. The van der Waals surface area contributed by atoms with Gasteiger partial charge in [-0.15, -0.1) is 11.3 Å². The zero-order valence-corrected chi connectivity index (χ0v) is 29.6. The van der Waals surface area contributed by atoms with Gasteiger partial charge in [-0.2, -0.15) is 0 Å². The van der Waals surface area contributed by atoms with Crippen molar-refractivity contribution < 1.29 is 4.79 Å². The first kappa shape index (κ1) is 30.2. The number of nitrogens with one attached hydrogen (secondary N) is 2. The highest BCUT2D eigenvalue weighted by Crippen LogP contribution is 2.77. The number of hydrogen-bond acceptors (Lipinski definition) is 3. The number of thiazole rings is 1. The Labute approximate surface area is 278 Å². The Balaban J connectivity index is 1.20. The van der Waals surface area contributed by atoms with Gasteiger partial charge in [0, 0.05) is 38.6 Å². The predicted octanol–water partition coefficient (Wildman–Crippen LogP) is 10.6. The molecule has 4 saturated carbocycles. The maximum absolute atomic E-state index is 14.3. The van der Waals surface area contributed by atoms with Crippen LogP contribution in [0.5, 0.6) is 0 Å². The van der Waals surface area contributed by atoms with E-state index in [4.69, 9.17) is 11.6 Å². The number of hydrogen-bond donors (Lipinski definition) is 2. The molecule has 5 aliphatic rings. The minimum Gasteiger partial charge on any atom is -0.358 e. The highest BCUT2D eigenvalue weighted by atomic mass is 35.5. The van der Waals surface area contributed by atoms with E-state index in [0.717, 1.165) is 42.3 Å². The SMILES string of the molecule is C=C(C)[C@@H]1CC[C@]2(C(=O)Nc3nccs3)CC[C@]3(C)C(CCC4[C@@]5(C)Cc6c([nH]c7ccc(Cl)cc67)C(C)(C)C5CC[C@]43C)C12. The van der Waals surface area contributed by atoms with Gasteiger partial charge in [-0.1, -0.05) is 58.4 Å². The van der Waals surface area contributed by atoms with Crippen molar-refractivity contribution >= 4 is 44.9 Å². The van der Waals surface area contributed by atoms with Crippen LogP contribution in [-0.4, -0.2) is 15.9 Å². The van der Waals surface area contributed by atoms with Crippen LogP contribution in [0.15, 0.2) is 41.9 Å². The van der Waals surface area contributed by atoms with E-state index >= 15 is 0 Å². The van der Waals surface area contributed by atoms with Gasteiger partial charge in [-0.3, -0.25) is 4.79 Å². The van der Waals surface area contributed by atoms with Crippen LogP contribution >= 0.6 is 22.9 Å². The topological polar surface area (TPSA) is 57.8 Å². The van der Waals surface area contributed by atoms with Gasteiger partial charge in [0.1, 0.15) is 0 Å². The summed E-state index contributed by atoms with van der Waals surface area (Å²) in [5.41, 5.74) is 5.80. The quantitative estimate of drug-likeness (QED) is 0.279. The lowest BCUT2D eigenvalue weighted by Crippen LogP contribution is -2.67. The van der Waals surface area contributed by atoms with Crippen LogP contribution in [-0.2, 0) is 16.6 Å². The average Bonchev–Trinajstić information content (AvgIpc) is 3.72.